The third-order valence-electron chi connectivity index (χ3n) is 3.10. The molecule has 0 saturated carbocycles. The van der Waals surface area contributed by atoms with Crippen molar-refractivity contribution < 1.29 is 23.5 Å². The number of halogens is 2. The van der Waals surface area contributed by atoms with Gasteiger partial charge in [0.15, 0.2) is 11.6 Å². The number of nitrogens with one attached hydrogen (secondary N) is 1. The predicted molar refractivity (Wildman–Crippen MR) is 80.4 cm³/mol. The molecule has 2 aromatic rings. The molecule has 8 heteroatoms. The second-order valence-electron chi connectivity index (χ2n) is 4.99. The van der Waals surface area contributed by atoms with Crippen LogP contribution >= 0.6 is 11.3 Å². The Morgan fingerprint density at radius 2 is 2.04 bits per heavy atom. The van der Waals surface area contributed by atoms with Gasteiger partial charge in [0.1, 0.15) is 9.88 Å². The highest BCUT2D eigenvalue weighted by Gasteiger charge is 2.19. The van der Waals surface area contributed by atoms with E-state index < -0.39 is 29.6 Å². The van der Waals surface area contributed by atoms with Crippen LogP contribution in [0.3, 0.4) is 0 Å². The lowest BCUT2D eigenvalue weighted by Gasteiger charge is -2.11. The van der Waals surface area contributed by atoms with E-state index in [-0.39, 0.29) is 11.3 Å². The fraction of sp³-hybridized carbons (Fsp3) is 0.267. The van der Waals surface area contributed by atoms with Crippen molar-refractivity contribution in [3.8, 4) is 0 Å². The molecule has 0 radical (unpaired) electrons. The van der Waals surface area contributed by atoms with E-state index in [0.29, 0.717) is 16.3 Å². The number of carbonyl (C=O) groups excluding carboxylic acids is 1. The Kier molecular flexibility index (Phi) is 5.05. The summed E-state index contributed by atoms with van der Waals surface area (Å²) in [5.41, 5.74) is 0.731. The average molecular weight is 340 g/mol. The molecular weight excluding hydrogens is 326 g/mol. The van der Waals surface area contributed by atoms with Gasteiger partial charge < -0.3 is 10.4 Å². The van der Waals surface area contributed by atoms with Crippen LogP contribution in [0.4, 0.5) is 8.78 Å². The lowest BCUT2D eigenvalue weighted by Crippen LogP contribution is -2.28. The molecule has 1 unspecified atom stereocenters. The van der Waals surface area contributed by atoms with Crippen LogP contribution in [0, 0.1) is 18.6 Å². The molecule has 122 valence electrons. The van der Waals surface area contributed by atoms with Crippen LogP contribution in [0.15, 0.2) is 18.2 Å². The van der Waals surface area contributed by atoms with Gasteiger partial charge in [0.25, 0.3) is 0 Å². The third-order valence-corrected chi connectivity index (χ3v) is 4.43. The van der Waals surface area contributed by atoms with Gasteiger partial charge in [-0.05, 0) is 31.5 Å². The number of aromatic carboxylic acids is 1. The largest absolute Gasteiger partial charge is 0.477 e. The minimum atomic E-state index is -1.06. The first kappa shape index (κ1) is 17.0. The van der Waals surface area contributed by atoms with Crippen LogP contribution in [0.2, 0.25) is 0 Å². The quantitative estimate of drug-likeness (QED) is 0.877. The van der Waals surface area contributed by atoms with E-state index >= 15 is 0 Å². The molecule has 1 aromatic heterocycles. The number of carboxylic acids is 1. The van der Waals surface area contributed by atoms with Gasteiger partial charge in [-0.2, -0.15) is 0 Å². The predicted octanol–water partition coefficient (Wildman–Crippen LogP) is 2.85. The number of benzene rings is 1. The molecule has 23 heavy (non-hydrogen) atoms. The monoisotopic (exact) mass is 340 g/mol. The Bertz CT molecular complexity index is 761. The molecular formula is C15H14F2N2O3S. The van der Waals surface area contributed by atoms with Crippen molar-refractivity contribution in [2.45, 2.75) is 26.3 Å². The molecule has 0 aliphatic carbocycles. The molecule has 0 spiro atoms. The number of carboxylic acid groups (broad SMARTS) is 1. The molecule has 1 aromatic carbocycles. The zero-order valence-electron chi connectivity index (χ0n) is 12.4. The Labute approximate surface area is 135 Å². The first-order chi connectivity index (χ1) is 10.8. The smallest absolute Gasteiger partial charge is 0.347 e. The first-order valence-electron chi connectivity index (χ1n) is 6.72. The summed E-state index contributed by atoms with van der Waals surface area (Å²) in [6.45, 7) is 3.26. The molecule has 5 nitrogen and oxygen atoms in total. The Balaban J connectivity index is 2.03. The van der Waals surface area contributed by atoms with Crippen molar-refractivity contribution in [3.63, 3.8) is 0 Å². The Hall–Kier alpha value is -2.35. The van der Waals surface area contributed by atoms with Gasteiger partial charge in [0.05, 0.1) is 18.2 Å². The zero-order chi connectivity index (χ0) is 17.1. The number of carbonyl (C=O) groups is 2. The molecule has 0 aliphatic heterocycles. The first-order valence-corrected chi connectivity index (χ1v) is 7.53. The molecule has 0 aliphatic rings. The Morgan fingerprint density at radius 1 is 1.35 bits per heavy atom. The number of nitrogens with zero attached hydrogens (tertiary/aromatic N) is 1. The van der Waals surface area contributed by atoms with E-state index in [1.54, 1.807) is 13.8 Å². The van der Waals surface area contributed by atoms with E-state index in [4.69, 9.17) is 5.11 Å². The summed E-state index contributed by atoms with van der Waals surface area (Å²) in [6.07, 6.45) is -0.113. The maximum atomic E-state index is 13.1. The Morgan fingerprint density at radius 3 is 2.61 bits per heavy atom. The normalized spacial score (nSPS) is 12.0. The summed E-state index contributed by atoms with van der Waals surface area (Å²) in [5, 5.41) is 12.1. The third kappa shape index (κ3) is 4.10. The fourth-order valence-electron chi connectivity index (χ4n) is 1.99. The summed E-state index contributed by atoms with van der Waals surface area (Å²) in [6, 6.07) is 2.78. The molecule has 0 fully saturated rings. The second-order valence-corrected chi connectivity index (χ2v) is 6.02. The van der Waals surface area contributed by atoms with Gasteiger partial charge >= 0.3 is 5.97 Å². The standard InChI is InChI=1S/C15H14F2N2O3S/c1-7-13(15(21)22)23-14(19-7)8(2)18-12(20)6-9-3-4-10(16)11(17)5-9/h3-5,8H,6H2,1-2H3,(H,18,20)(H,21,22). The molecule has 2 N–H and O–H groups in total. The number of thiazole rings is 1. The summed E-state index contributed by atoms with van der Waals surface area (Å²) >= 11 is 0.993. The van der Waals surface area contributed by atoms with Gasteiger partial charge in [0, 0.05) is 0 Å². The topological polar surface area (TPSA) is 79.3 Å². The van der Waals surface area contributed by atoms with Gasteiger partial charge in [-0.3, -0.25) is 4.79 Å². The van der Waals surface area contributed by atoms with E-state index in [2.05, 4.69) is 10.3 Å². The molecule has 1 atom stereocenters. The number of aryl methyl sites for hydroxylation is 1. The van der Waals surface area contributed by atoms with Crippen molar-refractivity contribution in [3.05, 3.63) is 51.0 Å². The van der Waals surface area contributed by atoms with Crippen LogP contribution < -0.4 is 5.32 Å². The highest BCUT2D eigenvalue weighted by molar-refractivity contribution is 7.13. The van der Waals surface area contributed by atoms with Crippen LogP contribution in [0.1, 0.15) is 38.9 Å². The number of hydrogen-bond acceptors (Lipinski definition) is 4. The van der Waals surface area contributed by atoms with Crippen molar-refractivity contribution in [2.24, 2.45) is 0 Å². The number of hydrogen-bond donors (Lipinski definition) is 2. The number of amides is 1. The van der Waals surface area contributed by atoms with E-state index in [9.17, 15) is 18.4 Å². The molecule has 1 heterocycles. The number of rotatable bonds is 5. The van der Waals surface area contributed by atoms with Crippen LogP contribution in [-0.4, -0.2) is 22.0 Å². The van der Waals surface area contributed by atoms with Gasteiger partial charge in [-0.25, -0.2) is 18.6 Å². The lowest BCUT2D eigenvalue weighted by molar-refractivity contribution is -0.121. The van der Waals surface area contributed by atoms with Crippen molar-refractivity contribution in [1.82, 2.24) is 10.3 Å². The summed E-state index contributed by atoms with van der Waals surface area (Å²) < 4.78 is 26.0. The van der Waals surface area contributed by atoms with Crippen molar-refractivity contribution in [2.75, 3.05) is 0 Å². The van der Waals surface area contributed by atoms with Crippen LogP contribution in [0.25, 0.3) is 0 Å². The SMILES string of the molecule is Cc1nc(C(C)NC(=O)Cc2ccc(F)c(F)c2)sc1C(=O)O. The summed E-state index contributed by atoms with van der Waals surface area (Å²) in [4.78, 5) is 27.2. The van der Waals surface area contributed by atoms with Crippen molar-refractivity contribution >= 4 is 23.2 Å². The minimum absolute atomic E-state index is 0.113. The fourth-order valence-corrected chi connectivity index (χ4v) is 2.90. The van der Waals surface area contributed by atoms with Crippen LogP contribution in [-0.2, 0) is 11.2 Å². The molecule has 0 bridgehead atoms. The molecule has 1 amide bonds. The van der Waals surface area contributed by atoms with E-state index in [1.807, 2.05) is 0 Å². The highest BCUT2D eigenvalue weighted by atomic mass is 32.1. The summed E-state index contributed by atoms with van der Waals surface area (Å²) in [5.74, 6) is -3.44. The maximum Gasteiger partial charge on any atom is 0.347 e. The highest BCUT2D eigenvalue weighted by Crippen LogP contribution is 2.23. The van der Waals surface area contributed by atoms with Gasteiger partial charge in [0.2, 0.25) is 5.91 Å². The lowest BCUT2D eigenvalue weighted by atomic mass is 10.1. The van der Waals surface area contributed by atoms with E-state index in [1.165, 1.54) is 6.07 Å². The maximum absolute atomic E-state index is 13.1. The zero-order valence-corrected chi connectivity index (χ0v) is 13.2. The molecule has 2 rings (SSSR count). The second kappa shape index (κ2) is 6.82. The van der Waals surface area contributed by atoms with Crippen molar-refractivity contribution in [1.29, 1.82) is 0 Å². The minimum Gasteiger partial charge on any atom is -0.477 e. The number of aromatic nitrogens is 1. The average Bonchev–Trinajstić information content (AvgIpc) is 2.85. The van der Waals surface area contributed by atoms with Crippen LogP contribution in [0.5, 0.6) is 0 Å². The van der Waals surface area contributed by atoms with Gasteiger partial charge in [-0.1, -0.05) is 6.07 Å². The summed E-state index contributed by atoms with van der Waals surface area (Å²) in [7, 11) is 0. The van der Waals surface area contributed by atoms with E-state index in [0.717, 1.165) is 23.5 Å². The van der Waals surface area contributed by atoms with Gasteiger partial charge in [-0.15, -0.1) is 11.3 Å². The molecule has 0 saturated heterocycles.